The van der Waals surface area contributed by atoms with Crippen molar-refractivity contribution >= 4 is 0 Å². The van der Waals surface area contributed by atoms with Crippen molar-refractivity contribution in [1.29, 1.82) is 5.26 Å². The van der Waals surface area contributed by atoms with Crippen LogP contribution in [0.5, 0.6) is 0 Å². The Bertz CT molecular complexity index is 361. The molecule has 4 heteroatoms. The molecule has 1 aromatic carbocycles. The predicted molar refractivity (Wildman–Crippen MR) is 65.2 cm³/mol. The van der Waals surface area contributed by atoms with Crippen molar-refractivity contribution in [1.82, 2.24) is 0 Å². The van der Waals surface area contributed by atoms with Crippen LogP contribution in [0.4, 0.5) is 0 Å². The number of nitrogens with two attached hydrogens (primary N) is 1. The van der Waals surface area contributed by atoms with Gasteiger partial charge in [0.05, 0.1) is 19.3 Å². The molecule has 17 heavy (non-hydrogen) atoms. The molecule has 0 spiro atoms. The highest BCUT2D eigenvalue weighted by atomic mass is 16.5. The number of ether oxygens (including phenoxy) is 2. The van der Waals surface area contributed by atoms with Crippen molar-refractivity contribution in [2.45, 2.75) is 12.0 Å². The molecule has 0 saturated heterocycles. The zero-order chi connectivity index (χ0) is 12.6. The van der Waals surface area contributed by atoms with Crippen molar-refractivity contribution in [2.75, 3.05) is 26.9 Å². The second-order valence-corrected chi connectivity index (χ2v) is 3.80. The molecule has 1 rings (SSSR count). The molecular formula is C13H18N2O2. The maximum atomic E-state index is 9.19. The Morgan fingerprint density at radius 3 is 2.53 bits per heavy atom. The third kappa shape index (κ3) is 4.16. The minimum absolute atomic E-state index is 0.447. The van der Waals surface area contributed by atoms with E-state index in [4.69, 9.17) is 15.2 Å². The molecule has 0 aliphatic carbocycles. The van der Waals surface area contributed by atoms with E-state index in [0.29, 0.717) is 26.2 Å². The van der Waals surface area contributed by atoms with Crippen LogP contribution >= 0.6 is 0 Å². The first kappa shape index (κ1) is 13.7. The van der Waals surface area contributed by atoms with Crippen LogP contribution in [0.3, 0.4) is 0 Å². The van der Waals surface area contributed by atoms with Crippen molar-refractivity contribution in [3.63, 3.8) is 0 Å². The highest BCUT2D eigenvalue weighted by Crippen LogP contribution is 2.20. The first-order chi connectivity index (χ1) is 8.23. The Morgan fingerprint density at radius 2 is 1.94 bits per heavy atom. The Morgan fingerprint density at radius 1 is 1.24 bits per heavy atom. The van der Waals surface area contributed by atoms with Gasteiger partial charge < -0.3 is 15.2 Å². The summed E-state index contributed by atoms with van der Waals surface area (Å²) in [6, 6.07) is 11.5. The van der Waals surface area contributed by atoms with Gasteiger partial charge in [0.25, 0.3) is 0 Å². The normalized spacial score (nSPS) is 13.9. The zero-order valence-electron chi connectivity index (χ0n) is 10.1. The fourth-order valence-electron chi connectivity index (χ4n) is 1.48. The van der Waals surface area contributed by atoms with Gasteiger partial charge >= 0.3 is 0 Å². The quantitative estimate of drug-likeness (QED) is 0.724. The van der Waals surface area contributed by atoms with Crippen LogP contribution in [0.1, 0.15) is 12.0 Å². The number of benzene rings is 1. The fourth-order valence-corrected chi connectivity index (χ4v) is 1.48. The molecule has 4 nitrogen and oxygen atoms in total. The molecule has 0 fully saturated rings. The summed E-state index contributed by atoms with van der Waals surface area (Å²) in [6.45, 7) is 1.52. The maximum Gasteiger partial charge on any atom is 0.132 e. The number of methoxy groups -OCH3 is 1. The van der Waals surface area contributed by atoms with E-state index in [0.717, 1.165) is 5.56 Å². The van der Waals surface area contributed by atoms with Gasteiger partial charge in [-0.3, -0.25) is 0 Å². The molecule has 0 aliphatic rings. The van der Waals surface area contributed by atoms with E-state index >= 15 is 0 Å². The summed E-state index contributed by atoms with van der Waals surface area (Å²) < 4.78 is 10.2. The van der Waals surface area contributed by atoms with Crippen LogP contribution in [0, 0.1) is 11.3 Å². The molecule has 0 bridgehead atoms. The van der Waals surface area contributed by atoms with E-state index in [9.17, 15) is 5.26 Å². The van der Waals surface area contributed by atoms with Gasteiger partial charge in [-0.05, 0) is 5.56 Å². The Hall–Kier alpha value is -1.41. The van der Waals surface area contributed by atoms with Crippen LogP contribution in [-0.2, 0) is 15.0 Å². The van der Waals surface area contributed by atoms with Gasteiger partial charge in [0, 0.05) is 20.1 Å². The standard InChI is InChI=1S/C13H18N2O2/c1-16-9-10-17-8-7-13(15,11-14)12-5-3-2-4-6-12/h2-6H,7-10,15H2,1H3. The van der Waals surface area contributed by atoms with Crippen LogP contribution in [0.15, 0.2) is 30.3 Å². The van der Waals surface area contributed by atoms with Gasteiger partial charge in [0.1, 0.15) is 5.54 Å². The summed E-state index contributed by atoms with van der Waals surface area (Å²) in [4.78, 5) is 0. The largest absolute Gasteiger partial charge is 0.382 e. The summed E-state index contributed by atoms with van der Waals surface area (Å²) in [5.74, 6) is 0. The van der Waals surface area contributed by atoms with Gasteiger partial charge in [-0.2, -0.15) is 5.26 Å². The Labute approximate surface area is 102 Å². The maximum absolute atomic E-state index is 9.19. The van der Waals surface area contributed by atoms with E-state index in [1.54, 1.807) is 7.11 Å². The summed E-state index contributed by atoms with van der Waals surface area (Å²) in [6.07, 6.45) is 0.469. The van der Waals surface area contributed by atoms with Gasteiger partial charge in [-0.15, -0.1) is 0 Å². The van der Waals surface area contributed by atoms with E-state index < -0.39 is 5.54 Å². The Balaban J connectivity index is 2.50. The van der Waals surface area contributed by atoms with Crippen LogP contribution in [-0.4, -0.2) is 26.9 Å². The smallest absolute Gasteiger partial charge is 0.132 e. The van der Waals surface area contributed by atoms with Crippen molar-refractivity contribution < 1.29 is 9.47 Å². The molecule has 92 valence electrons. The van der Waals surface area contributed by atoms with Gasteiger partial charge in [0.15, 0.2) is 0 Å². The van der Waals surface area contributed by atoms with Crippen molar-refractivity contribution in [3.8, 4) is 6.07 Å². The van der Waals surface area contributed by atoms with Crippen LogP contribution in [0.25, 0.3) is 0 Å². The van der Waals surface area contributed by atoms with E-state index in [1.165, 1.54) is 0 Å². The lowest BCUT2D eigenvalue weighted by atomic mass is 9.89. The third-order valence-corrected chi connectivity index (χ3v) is 2.56. The minimum atomic E-state index is -0.978. The Kier molecular flexibility index (Phi) is 5.64. The van der Waals surface area contributed by atoms with E-state index in [-0.39, 0.29) is 0 Å². The first-order valence-electron chi connectivity index (χ1n) is 5.55. The van der Waals surface area contributed by atoms with Gasteiger partial charge in [-0.25, -0.2) is 0 Å². The van der Waals surface area contributed by atoms with Gasteiger partial charge in [-0.1, -0.05) is 30.3 Å². The lowest BCUT2D eigenvalue weighted by molar-refractivity contribution is 0.0641. The lowest BCUT2D eigenvalue weighted by Gasteiger charge is -2.21. The highest BCUT2D eigenvalue weighted by Gasteiger charge is 2.26. The molecule has 2 N–H and O–H groups in total. The molecule has 1 atom stereocenters. The third-order valence-electron chi connectivity index (χ3n) is 2.56. The molecule has 0 heterocycles. The summed E-state index contributed by atoms with van der Waals surface area (Å²) >= 11 is 0. The number of nitrogens with zero attached hydrogens (tertiary/aromatic N) is 1. The van der Waals surface area contributed by atoms with Crippen molar-refractivity contribution in [2.24, 2.45) is 5.73 Å². The number of hydrogen-bond donors (Lipinski definition) is 1. The second kappa shape index (κ2) is 7.02. The number of nitriles is 1. The molecule has 0 radical (unpaired) electrons. The van der Waals surface area contributed by atoms with Gasteiger partial charge in [0.2, 0.25) is 0 Å². The number of rotatable bonds is 7. The molecule has 1 unspecified atom stereocenters. The number of hydrogen-bond acceptors (Lipinski definition) is 4. The van der Waals surface area contributed by atoms with Crippen LogP contribution < -0.4 is 5.73 Å². The SMILES string of the molecule is COCCOCCC(N)(C#N)c1ccccc1. The molecule has 0 saturated carbocycles. The average Bonchev–Trinajstić information content (AvgIpc) is 2.39. The molecular weight excluding hydrogens is 216 g/mol. The average molecular weight is 234 g/mol. The summed E-state index contributed by atoms with van der Waals surface area (Å²) in [7, 11) is 1.62. The fraction of sp³-hybridized carbons (Fsp3) is 0.462. The first-order valence-corrected chi connectivity index (χ1v) is 5.55. The van der Waals surface area contributed by atoms with Crippen molar-refractivity contribution in [3.05, 3.63) is 35.9 Å². The lowest BCUT2D eigenvalue weighted by Crippen LogP contribution is -2.36. The minimum Gasteiger partial charge on any atom is -0.382 e. The second-order valence-electron chi connectivity index (χ2n) is 3.80. The van der Waals surface area contributed by atoms with Crippen LogP contribution in [0.2, 0.25) is 0 Å². The van der Waals surface area contributed by atoms with E-state index in [1.807, 2.05) is 30.3 Å². The van der Waals surface area contributed by atoms with E-state index in [2.05, 4.69) is 6.07 Å². The molecule has 0 amide bonds. The summed E-state index contributed by atoms with van der Waals surface area (Å²) in [5, 5.41) is 9.19. The highest BCUT2D eigenvalue weighted by molar-refractivity contribution is 5.30. The predicted octanol–water partition coefficient (Wildman–Crippen LogP) is 1.42. The zero-order valence-corrected chi connectivity index (χ0v) is 10.1. The monoisotopic (exact) mass is 234 g/mol. The summed E-state index contributed by atoms with van der Waals surface area (Å²) in [5.41, 5.74) is 5.90. The molecule has 0 aliphatic heterocycles. The molecule has 1 aromatic rings. The molecule has 0 aromatic heterocycles. The topological polar surface area (TPSA) is 68.3 Å².